The molecular weight excluding hydrogens is 272 g/mol. The van der Waals surface area contributed by atoms with E-state index in [1.807, 2.05) is 6.07 Å². The quantitative estimate of drug-likeness (QED) is 0.779. The number of rotatable bonds is 3. The van der Waals surface area contributed by atoms with E-state index in [1.165, 1.54) is 7.11 Å². The van der Waals surface area contributed by atoms with Gasteiger partial charge in [-0.25, -0.2) is 4.79 Å². The lowest BCUT2D eigenvalue weighted by Gasteiger charge is -2.33. The van der Waals surface area contributed by atoms with E-state index in [0.29, 0.717) is 6.04 Å². The number of ether oxygens (including phenoxy) is 2. The van der Waals surface area contributed by atoms with Crippen LogP contribution in [0, 0.1) is 0 Å². The molecule has 2 aliphatic heterocycles. The predicted octanol–water partition coefficient (Wildman–Crippen LogP) is 1.14. The molecule has 2 saturated heterocycles. The lowest BCUT2D eigenvalue weighted by molar-refractivity contribution is -0.0372. The normalized spacial score (nSPS) is 28.3. The van der Waals surface area contributed by atoms with E-state index in [9.17, 15) is 4.79 Å². The van der Waals surface area contributed by atoms with E-state index in [2.05, 4.69) is 28.5 Å². The third-order valence-electron chi connectivity index (χ3n) is 4.58. The zero-order chi connectivity index (χ0) is 15.0. The number of carbonyl (C=O) groups excluding carboxylic acids is 1. The topological polar surface area (TPSA) is 55.1 Å². The Morgan fingerprint density at radius 2 is 2.24 bits per heavy atom. The Hall–Kier alpha value is -1.37. The van der Waals surface area contributed by atoms with E-state index < -0.39 is 5.97 Å². The molecule has 0 N–H and O–H groups in total. The standard InChI is InChI=1S/C15H22N2O4/c1-10(12-4-5-13(21-12)15(18)19-3)17-8-11-14(9-17)20-7-6-16(11)2/h4-5,10-11,14H,6-9H2,1-3H3/t10-,11+,14-/m0/s1. The third kappa shape index (κ3) is 2.71. The van der Waals surface area contributed by atoms with Crippen LogP contribution < -0.4 is 0 Å². The first-order chi connectivity index (χ1) is 10.1. The molecule has 0 unspecified atom stereocenters. The van der Waals surface area contributed by atoms with Crippen LogP contribution in [0.2, 0.25) is 0 Å². The van der Waals surface area contributed by atoms with Crippen molar-refractivity contribution >= 4 is 5.97 Å². The molecule has 0 aromatic carbocycles. The summed E-state index contributed by atoms with van der Waals surface area (Å²) in [4.78, 5) is 16.2. The first-order valence-corrected chi connectivity index (χ1v) is 7.34. The summed E-state index contributed by atoms with van der Waals surface area (Å²) in [6.45, 7) is 5.72. The van der Waals surface area contributed by atoms with E-state index in [1.54, 1.807) is 6.07 Å². The van der Waals surface area contributed by atoms with Crippen LogP contribution in [0.4, 0.5) is 0 Å². The number of morpholine rings is 1. The number of nitrogens with zero attached hydrogens (tertiary/aromatic N) is 2. The molecule has 2 aliphatic rings. The summed E-state index contributed by atoms with van der Waals surface area (Å²) in [6, 6.07) is 4.08. The number of hydrogen-bond donors (Lipinski definition) is 0. The van der Waals surface area contributed by atoms with Gasteiger partial charge in [0, 0.05) is 25.7 Å². The third-order valence-corrected chi connectivity index (χ3v) is 4.58. The molecule has 0 amide bonds. The Morgan fingerprint density at radius 1 is 1.43 bits per heavy atom. The fourth-order valence-electron chi connectivity index (χ4n) is 3.17. The van der Waals surface area contributed by atoms with Gasteiger partial charge in [0.2, 0.25) is 5.76 Å². The molecule has 6 heteroatoms. The van der Waals surface area contributed by atoms with Crippen LogP contribution in [-0.2, 0) is 9.47 Å². The first kappa shape index (κ1) is 14.6. The van der Waals surface area contributed by atoms with Crippen LogP contribution in [0.1, 0.15) is 29.3 Å². The number of fused-ring (bicyclic) bond motifs is 1. The van der Waals surface area contributed by atoms with Crippen molar-refractivity contribution in [1.82, 2.24) is 9.80 Å². The van der Waals surface area contributed by atoms with E-state index in [-0.39, 0.29) is 17.9 Å². The van der Waals surface area contributed by atoms with Crippen LogP contribution in [0.25, 0.3) is 0 Å². The Morgan fingerprint density at radius 3 is 2.95 bits per heavy atom. The van der Waals surface area contributed by atoms with Crippen LogP contribution in [0.5, 0.6) is 0 Å². The second kappa shape index (κ2) is 5.79. The highest BCUT2D eigenvalue weighted by atomic mass is 16.5. The lowest BCUT2D eigenvalue weighted by atomic mass is 10.1. The van der Waals surface area contributed by atoms with Gasteiger partial charge in [0.25, 0.3) is 0 Å². The van der Waals surface area contributed by atoms with Gasteiger partial charge >= 0.3 is 5.97 Å². The Bertz CT molecular complexity index is 516. The number of likely N-dealkylation sites (N-methyl/N-ethyl adjacent to an activating group) is 1. The Kier molecular flexibility index (Phi) is 4.01. The molecular formula is C15H22N2O4. The highest BCUT2D eigenvalue weighted by Gasteiger charge is 2.40. The van der Waals surface area contributed by atoms with Crippen LogP contribution >= 0.6 is 0 Å². The van der Waals surface area contributed by atoms with Gasteiger partial charge in [-0.2, -0.15) is 0 Å². The number of carbonyl (C=O) groups is 1. The zero-order valence-corrected chi connectivity index (χ0v) is 12.7. The average molecular weight is 294 g/mol. The van der Waals surface area contributed by atoms with Gasteiger partial charge in [0.1, 0.15) is 5.76 Å². The molecule has 0 radical (unpaired) electrons. The monoisotopic (exact) mass is 294 g/mol. The largest absolute Gasteiger partial charge is 0.463 e. The average Bonchev–Trinajstić information content (AvgIpc) is 3.13. The molecule has 3 heterocycles. The van der Waals surface area contributed by atoms with Crippen LogP contribution in [0.15, 0.2) is 16.5 Å². The zero-order valence-electron chi connectivity index (χ0n) is 12.7. The lowest BCUT2D eigenvalue weighted by Crippen LogP contribution is -2.48. The van der Waals surface area contributed by atoms with Crippen molar-refractivity contribution in [1.29, 1.82) is 0 Å². The molecule has 0 saturated carbocycles. The van der Waals surface area contributed by atoms with Crippen molar-refractivity contribution in [3.8, 4) is 0 Å². The smallest absolute Gasteiger partial charge is 0.373 e. The summed E-state index contributed by atoms with van der Waals surface area (Å²) < 4.78 is 16.2. The summed E-state index contributed by atoms with van der Waals surface area (Å²) >= 11 is 0. The maximum Gasteiger partial charge on any atom is 0.373 e. The van der Waals surface area contributed by atoms with Gasteiger partial charge in [-0.3, -0.25) is 9.80 Å². The van der Waals surface area contributed by atoms with Gasteiger partial charge in [-0.1, -0.05) is 0 Å². The van der Waals surface area contributed by atoms with Crippen molar-refractivity contribution in [3.63, 3.8) is 0 Å². The van der Waals surface area contributed by atoms with Gasteiger partial charge in [-0.05, 0) is 26.1 Å². The fraction of sp³-hybridized carbons (Fsp3) is 0.667. The number of esters is 1. The summed E-state index contributed by atoms with van der Waals surface area (Å²) in [5.74, 6) is 0.604. The van der Waals surface area contributed by atoms with Gasteiger partial charge in [-0.15, -0.1) is 0 Å². The Labute approximate surface area is 124 Å². The van der Waals surface area contributed by atoms with E-state index >= 15 is 0 Å². The number of furan rings is 1. The molecule has 116 valence electrons. The summed E-state index contributed by atoms with van der Waals surface area (Å²) in [6.07, 6.45) is 0.265. The number of methoxy groups -OCH3 is 1. The van der Waals surface area contributed by atoms with Gasteiger partial charge < -0.3 is 13.9 Å². The first-order valence-electron chi connectivity index (χ1n) is 7.34. The van der Waals surface area contributed by atoms with E-state index in [4.69, 9.17) is 9.15 Å². The molecule has 3 atom stereocenters. The summed E-state index contributed by atoms with van der Waals surface area (Å²) in [5.41, 5.74) is 0. The molecule has 1 aromatic heterocycles. The van der Waals surface area contributed by atoms with Crippen molar-refractivity contribution in [2.75, 3.05) is 40.4 Å². The van der Waals surface area contributed by atoms with Crippen LogP contribution in [0.3, 0.4) is 0 Å². The minimum atomic E-state index is -0.438. The summed E-state index contributed by atoms with van der Waals surface area (Å²) in [5, 5.41) is 0. The molecule has 0 aliphatic carbocycles. The highest BCUT2D eigenvalue weighted by Crippen LogP contribution is 2.30. The SMILES string of the molecule is COC(=O)c1ccc([C@H](C)N2C[C@@H]3OCCN(C)[C@@H]3C2)o1. The van der Waals surface area contributed by atoms with Crippen molar-refractivity contribution in [3.05, 3.63) is 23.7 Å². The molecule has 21 heavy (non-hydrogen) atoms. The van der Waals surface area contributed by atoms with Gasteiger partial charge in [0.05, 0.1) is 25.9 Å². The minimum absolute atomic E-state index is 0.117. The molecule has 0 spiro atoms. The maximum absolute atomic E-state index is 11.5. The second-order valence-electron chi connectivity index (χ2n) is 5.78. The van der Waals surface area contributed by atoms with Gasteiger partial charge in [0.15, 0.2) is 0 Å². The summed E-state index contributed by atoms with van der Waals surface area (Å²) in [7, 11) is 3.50. The number of hydrogen-bond acceptors (Lipinski definition) is 6. The minimum Gasteiger partial charge on any atom is -0.463 e. The molecule has 0 bridgehead atoms. The number of likely N-dealkylation sites (tertiary alicyclic amines) is 1. The highest BCUT2D eigenvalue weighted by molar-refractivity contribution is 5.86. The van der Waals surface area contributed by atoms with E-state index in [0.717, 1.165) is 32.0 Å². The molecule has 1 aromatic rings. The maximum atomic E-state index is 11.5. The van der Waals surface area contributed by atoms with Crippen LogP contribution in [-0.4, -0.2) is 68.3 Å². The molecule has 3 rings (SSSR count). The molecule has 2 fully saturated rings. The predicted molar refractivity (Wildman–Crippen MR) is 76.2 cm³/mol. The second-order valence-corrected chi connectivity index (χ2v) is 5.78. The van der Waals surface area contributed by atoms with Crippen molar-refractivity contribution in [2.24, 2.45) is 0 Å². The van der Waals surface area contributed by atoms with Crippen molar-refractivity contribution < 1.29 is 18.7 Å². The Balaban J connectivity index is 1.70. The molecule has 6 nitrogen and oxygen atoms in total. The fourth-order valence-corrected chi connectivity index (χ4v) is 3.17. The van der Waals surface area contributed by atoms with Crippen molar-refractivity contribution in [2.45, 2.75) is 25.1 Å².